The minimum atomic E-state index is -3.77. The second kappa shape index (κ2) is 7.89. The zero-order chi connectivity index (χ0) is 20.5. The molecule has 0 aromatic heterocycles. The summed E-state index contributed by atoms with van der Waals surface area (Å²) in [6, 6.07) is 10.0. The minimum absolute atomic E-state index is 0.0702. The average molecular weight is 425 g/mol. The lowest BCUT2D eigenvalue weighted by Gasteiger charge is -2.17. The van der Waals surface area contributed by atoms with E-state index in [2.05, 4.69) is 5.32 Å². The molecule has 0 saturated carbocycles. The molecule has 1 aliphatic heterocycles. The number of sulfonamides is 1. The van der Waals surface area contributed by atoms with Crippen molar-refractivity contribution >= 4 is 39.1 Å². The zero-order valence-corrected chi connectivity index (χ0v) is 16.6. The van der Waals surface area contributed by atoms with Crippen LogP contribution < -0.4 is 9.62 Å². The normalized spacial score (nSPS) is 18.3. The molecule has 1 atom stereocenters. The van der Waals surface area contributed by atoms with Crippen LogP contribution in [0.25, 0.3) is 0 Å². The van der Waals surface area contributed by atoms with Crippen LogP contribution in [0.2, 0.25) is 5.02 Å². The predicted molar refractivity (Wildman–Crippen MR) is 104 cm³/mol. The maximum Gasteiger partial charge on any atom is 0.252 e. The van der Waals surface area contributed by atoms with Gasteiger partial charge in [0.1, 0.15) is 5.82 Å². The van der Waals surface area contributed by atoms with Crippen LogP contribution in [0, 0.1) is 11.7 Å². The highest BCUT2D eigenvalue weighted by atomic mass is 35.5. The third kappa shape index (κ3) is 4.18. The van der Waals surface area contributed by atoms with Gasteiger partial charge in [0.2, 0.25) is 15.9 Å². The maximum atomic E-state index is 12.9. The number of nitrogens with one attached hydrogen (secondary N) is 1. The van der Waals surface area contributed by atoms with Crippen molar-refractivity contribution in [1.82, 2.24) is 5.32 Å². The summed E-state index contributed by atoms with van der Waals surface area (Å²) in [4.78, 5) is 24.7. The van der Waals surface area contributed by atoms with Crippen molar-refractivity contribution in [3.8, 4) is 0 Å². The molecule has 0 aliphatic carbocycles. The highest BCUT2D eigenvalue weighted by Gasteiger charge is 2.42. The molecule has 2 aromatic rings. The highest BCUT2D eigenvalue weighted by molar-refractivity contribution is 7.94. The van der Waals surface area contributed by atoms with Crippen molar-refractivity contribution in [3.63, 3.8) is 0 Å². The Balaban J connectivity index is 1.75. The van der Waals surface area contributed by atoms with Crippen molar-refractivity contribution in [2.24, 2.45) is 5.92 Å². The SMILES string of the molecule is CC1CS(=O)(=O)N(c2ccc(Cl)c(C(=O)NCCc3ccc(F)cc3)c2)C1=O. The van der Waals surface area contributed by atoms with E-state index in [1.807, 2.05) is 0 Å². The third-order valence-corrected chi connectivity index (χ3v) is 6.60. The number of carbonyl (C=O) groups excluding carboxylic acids is 2. The Morgan fingerprint density at radius 2 is 1.93 bits per heavy atom. The molecule has 1 fully saturated rings. The molecule has 1 N–H and O–H groups in total. The monoisotopic (exact) mass is 424 g/mol. The van der Waals surface area contributed by atoms with Gasteiger partial charge in [-0.3, -0.25) is 9.59 Å². The number of rotatable bonds is 5. The van der Waals surface area contributed by atoms with E-state index < -0.39 is 27.8 Å². The molecule has 1 saturated heterocycles. The first-order valence-corrected chi connectivity index (χ1v) is 10.6. The second-order valence-corrected chi connectivity index (χ2v) is 8.85. The van der Waals surface area contributed by atoms with Gasteiger partial charge in [0.15, 0.2) is 0 Å². The van der Waals surface area contributed by atoms with E-state index in [1.165, 1.54) is 30.3 Å². The summed E-state index contributed by atoms with van der Waals surface area (Å²) in [5, 5.41) is 2.83. The first-order valence-electron chi connectivity index (χ1n) is 8.58. The number of anilines is 1. The Hall–Kier alpha value is -2.45. The average Bonchev–Trinajstić information content (AvgIpc) is 2.84. The van der Waals surface area contributed by atoms with Gasteiger partial charge in [0.05, 0.1) is 27.9 Å². The van der Waals surface area contributed by atoms with Crippen LogP contribution in [0.4, 0.5) is 10.1 Å². The molecule has 0 radical (unpaired) electrons. The maximum absolute atomic E-state index is 12.9. The molecule has 1 aliphatic rings. The number of hydrogen-bond donors (Lipinski definition) is 1. The van der Waals surface area contributed by atoms with E-state index in [0.29, 0.717) is 6.42 Å². The largest absolute Gasteiger partial charge is 0.352 e. The summed E-state index contributed by atoms with van der Waals surface area (Å²) < 4.78 is 38.1. The van der Waals surface area contributed by atoms with Crippen LogP contribution in [0.1, 0.15) is 22.8 Å². The topological polar surface area (TPSA) is 83.6 Å². The molecule has 0 bridgehead atoms. The minimum Gasteiger partial charge on any atom is -0.352 e. The van der Waals surface area contributed by atoms with Crippen LogP contribution in [0.15, 0.2) is 42.5 Å². The van der Waals surface area contributed by atoms with E-state index in [1.54, 1.807) is 19.1 Å². The lowest BCUT2D eigenvalue weighted by Crippen LogP contribution is -2.31. The van der Waals surface area contributed by atoms with E-state index in [0.717, 1.165) is 9.87 Å². The van der Waals surface area contributed by atoms with Crippen molar-refractivity contribution < 1.29 is 22.4 Å². The summed E-state index contributed by atoms with van der Waals surface area (Å²) in [7, 11) is -3.77. The highest BCUT2D eigenvalue weighted by Crippen LogP contribution is 2.31. The molecular formula is C19H18ClFN2O4S. The van der Waals surface area contributed by atoms with E-state index in [4.69, 9.17) is 11.6 Å². The zero-order valence-electron chi connectivity index (χ0n) is 15.0. The predicted octanol–water partition coefficient (Wildman–Crippen LogP) is 2.76. The van der Waals surface area contributed by atoms with Gasteiger partial charge in [-0.1, -0.05) is 30.7 Å². The molecule has 2 aromatic carbocycles. The summed E-state index contributed by atoms with van der Waals surface area (Å²) in [6.45, 7) is 1.82. The van der Waals surface area contributed by atoms with E-state index >= 15 is 0 Å². The summed E-state index contributed by atoms with van der Waals surface area (Å²) >= 11 is 6.09. The Kier molecular flexibility index (Phi) is 5.71. The van der Waals surface area contributed by atoms with Crippen LogP contribution in [-0.2, 0) is 21.2 Å². The van der Waals surface area contributed by atoms with Gasteiger partial charge < -0.3 is 5.32 Å². The molecule has 9 heteroatoms. The molecule has 2 amide bonds. The van der Waals surface area contributed by atoms with E-state index in [9.17, 15) is 22.4 Å². The van der Waals surface area contributed by atoms with Crippen LogP contribution in [-0.4, -0.2) is 32.5 Å². The fourth-order valence-electron chi connectivity index (χ4n) is 2.97. The van der Waals surface area contributed by atoms with E-state index in [-0.39, 0.29) is 34.4 Å². The molecule has 3 rings (SSSR count). The van der Waals surface area contributed by atoms with Crippen molar-refractivity contribution in [2.45, 2.75) is 13.3 Å². The number of hydrogen-bond acceptors (Lipinski definition) is 4. The number of benzene rings is 2. The molecule has 148 valence electrons. The first kappa shape index (κ1) is 20.3. The van der Waals surface area contributed by atoms with Crippen LogP contribution in [0.5, 0.6) is 0 Å². The molecule has 28 heavy (non-hydrogen) atoms. The Morgan fingerprint density at radius 3 is 2.54 bits per heavy atom. The number of halogens is 2. The third-order valence-electron chi connectivity index (χ3n) is 4.40. The fraction of sp³-hybridized carbons (Fsp3) is 0.263. The summed E-state index contributed by atoms with van der Waals surface area (Å²) in [5.74, 6) is -2.28. The molecule has 1 heterocycles. The van der Waals surface area contributed by atoms with Gasteiger partial charge in [0, 0.05) is 6.54 Å². The number of amides is 2. The van der Waals surface area contributed by atoms with Gasteiger partial charge in [-0.05, 0) is 42.3 Å². The lowest BCUT2D eigenvalue weighted by molar-refractivity contribution is -0.119. The van der Waals surface area contributed by atoms with Gasteiger partial charge in [-0.25, -0.2) is 17.1 Å². The van der Waals surface area contributed by atoms with Crippen molar-refractivity contribution in [3.05, 3.63) is 64.4 Å². The first-order chi connectivity index (χ1) is 13.2. The summed E-state index contributed by atoms with van der Waals surface area (Å²) in [6.07, 6.45) is 0.486. The van der Waals surface area contributed by atoms with Gasteiger partial charge >= 0.3 is 0 Å². The van der Waals surface area contributed by atoms with Crippen molar-refractivity contribution in [2.75, 3.05) is 16.6 Å². The molecule has 6 nitrogen and oxygen atoms in total. The number of nitrogens with zero attached hydrogens (tertiary/aromatic N) is 1. The van der Waals surface area contributed by atoms with Gasteiger partial charge in [-0.2, -0.15) is 0 Å². The smallest absolute Gasteiger partial charge is 0.252 e. The molecule has 0 spiro atoms. The lowest BCUT2D eigenvalue weighted by atomic mass is 10.1. The standard InChI is InChI=1S/C19H18ClFN2O4S/c1-12-11-28(26,27)23(19(12)25)15-6-7-17(20)16(10-15)18(24)22-9-8-13-2-4-14(21)5-3-13/h2-7,10,12H,8-9,11H2,1H3,(H,22,24). The Bertz CT molecular complexity index is 1020. The van der Waals surface area contributed by atoms with Gasteiger partial charge in [-0.15, -0.1) is 0 Å². The summed E-state index contributed by atoms with van der Waals surface area (Å²) in [5.41, 5.74) is 1.01. The van der Waals surface area contributed by atoms with Crippen LogP contribution >= 0.6 is 11.6 Å². The molecule has 1 unspecified atom stereocenters. The van der Waals surface area contributed by atoms with Crippen LogP contribution in [0.3, 0.4) is 0 Å². The number of carbonyl (C=O) groups is 2. The Morgan fingerprint density at radius 1 is 1.25 bits per heavy atom. The van der Waals surface area contributed by atoms with Gasteiger partial charge in [0.25, 0.3) is 5.91 Å². The fourth-order valence-corrected chi connectivity index (χ4v) is 4.98. The second-order valence-electron chi connectivity index (χ2n) is 6.58. The quantitative estimate of drug-likeness (QED) is 0.800. The molecular weight excluding hydrogens is 407 g/mol. The Labute approximate surface area is 167 Å². The van der Waals surface area contributed by atoms with Crippen molar-refractivity contribution in [1.29, 1.82) is 0 Å².